The molecule has 1 rings (SSSR count). The highest BCUT2D eigenvalue weighted by atomic mass is 16.2. The molecule has 4 nitrogen and oxygen atoms in total. The minimum Gasteiger partial charge on any atom is -0.338 e. The highest BCUT2D eigenvalue weighted by Crippen LogP contribution is 2.15. The molecule has 0 aliphatic carbocycles. The summed E-state index contributed by atoms with van der Waals surface area (Å²) >= 11 is 0. The van der Waals surface area contributed by atoms with Crippen LogP contribution < -0.4 is 11.1 Å². The van der Waals surface area contributed by atoms with E-state index in [9.17, 15) is 4.79 Å². The fraction of sp³-hybridized carbons (Fsp3) is 0.909. The van der Waals surface area contributed by atoms with Crippen LogP contribution in [0.5, 0.6) is 0 Å². The van der Waals surface area contributed by atoms with E-state index in [1.165, 1.54) is 0 Å². The second-order valence-corrected chi connectivity index (χ2v) is 4.46. The number of nitrogens with two attached hydrogens (primary N) is 1. The Hall–Kier alpha value is -0.770. The lowest BCUT2D eigenvalue weighted by Gasteiger charge is -2.35. The summed E-state index contributed by atoms with van der Waals surface area (Å²) in [5.74, 6) is 0.532. The fourth-order valence-corrected chi connectivity index (χ4v) is 1.77. The third-order valence-electron chi connectivity index (χ3n) is 3.11. The summed E-state index contributed by atoms with van der Waals surface area (Å²) in [7, 11) is 0. The van der Waals surface area contributed by atoms with Crippen LogP contribution >= 0.6 is 0 Å². The summed E-state index contributed by atoms with van der Waals surface area (Å²) in [6.45, 7) is 6.57. The van der Waals surface area contributed by atoms with E-state index in [1.807, 2.05) is 4.90 Å². The zero-order chi connectivity index (χ0) is 11.3. The Labute approximate surface area is 92.2 Å². The number of likely N-dealkylation sites (tertiary alicyclic amines) is 1. The molecular formula is C11H23N3O. The molecule has 2 atom stereocenters. The molecule has 1 aliphatic rings. The molecule has 1 saturated heterocycles. The molecule has 0 spiro atoms. The van der Waals surface area contributed by atoms with Gasteiger partial charge in [-0.25, -0.2) is 4.79 Å². The quantitative estimate of drug-likeness (QED) is 0.691. The number of hydrogen-bond donors (Lipinski definition) is 2. The predicted octanol–water partition coefficient (Wildman–Crippen LogP) is 1.17. The lowest BCUT2D eigenvalue weighted by atomic mass is 9.94. The molecule has 0 aromatic carbocycles. The number of nitrogens with zero attached hydrogens (tertiary/aromatic N) is 1. The summed E-state index contributed by atoms with van der Waals surface area (Å²) in [6.07, 6.45) is 3.17. The topological polar surface area (TPSA) is 58.4 Å². The molecule has 0 aromatic rings. The van der Waals surface area contributed by atoms with Crippen molar-refractivity contribution < 1.29 is 4.79 Å². The second-order valence-electron chi connectivity index (χ2n) is 4.46. The average Bonchev–Trinajstić information content (AvgIpc) is 2.22. The lowest BCUT2D eigenvalue weighted by Crippen LogP contribution is -2.52. The molecule has 4 heteroatoms. The third kappa shape index (κ3) is 3.70. The van der Waals surface area contributed by atoms with E-state index in [-0.39, 0.29) is 12.1 Å². The number of carbonyl (C=O) groups excluding carboxylic acids is 1. The summed E-state index contributed by atoms with van der Waals surface area (Å²) < 4.78 is 0. The number of urea groups is 1. The van der Waals surface area contributed by atoms with Gasteiger partial charge in [-0.05, 0) is 18.8 Å². The number of unbranched alkanes of at least 4 members (excludes halogenated alkanes) is 1. The van der Waals surface area contributed by atoms with Crippen LogP contribution in [0.15, 0.2) is 0 Å². The maximum atomic E-state index is 11.7. The van der Waals surface area contributed by atoms with Gasteiger partial charge >= 0.3 is 6.03 Å². The van der Waals surface area contributed by atoms with Crippen molar-refractivity contribution in [3.8, 4) is 0 Å². The van der Waals surface area contributed by atoms with E-state index in [0.717, 1.165) is 32.4 Å². The zero-order valence-electron chi connectivity index (χ0n) is 9.83. The Kier molecular flexibility index (Phi) is 4.88. The Morgan fingerprint density at radius 2 is 2.33 bits per heavy atom. The van der Waals surface area contributed by atoms with Crippen LogP contribution in [0.1, 0.15) is 33.1 Å². The first kappa shape index (κ1) is 12.3. The highest BCUT2D eigenvalue weighted by molar-refractivity contribution is 5.74. The van der Waals surface area contributed by atoms with Gasteiger partial charge in [0.25, 0.3) is 0 Å². The van der Waals surface area contributed by atoms with Crippen LogP contribution in [0.25, 0.3) is 0 Å². The molecule has 0 saturated carbocycles. The molecule has 15 heavy (non-hydrogen) atoms. The maximum Gasteiger partial charge on any atom is 0.317 e. The Bertz CT molecular complexity index is 208. The van der Waals surface area contributed by atoms with Crippen molar-refractivity contribution in [3.05, 3.63) is 0 Å². The summed E-state index contributed by atoms with van der Waals surface area (Å²) in [5, 5.41) is 2.92. The second kappa shape index (κ2) is 5.95. The number of piperidine rings is 1. The molecule has 0 radical (unpaired) electrons. The standard InChI is InChI=1S/C11H23N3O/c1-3-4-6-13-11(15)14-7-5-9(2)10(12)8-14/h9-10H,3-8,12H2,1-2H3,(H,13,15). The fourth-order valence-electron chi connectivity index (χ4n) is 1.77. The molecule has 2 unspecified atom stereocenters. The molecule has 2 amide bonds. The summed E-state index contributed by atoms with van der Waals surface area (Å²) in [6, 6.07) is 0.182. The first-order valence-electron chi connectivity index (χ1n) is 5.93. The normalized spacial score (nSPS) is 26.5. The predicted molar refractivity (Wildman–Crippen MR) is 61.6 cm³/mol. The van der Waals surface area contributed by atoms with Crippen molar-refractivity contribution in [2.75, 3.05) is 19.6 Å². The van der Waals surface area contributed by atoms with Crippen molar-refractivity contribution >= 4 is 6.03 Å². The Morgan fingerprint density at radius 3 is 2.93 bits per heavy atom. The molecule has 1 aliphatic heterocycles. The smallest absolute Gasteiger partial charge is 0.317 e. The summed E-state index contributed by atoms with van der Waals surface area (Å²) in [5.41, 5.74) is 5.94. The minimum absolute atomic E-state index is 0.0470. The molecule has 1 heterocycles. The van der Waals surface area contributed by atoms with Gasteiger partial charge in [0.05, 0.1) is 0 Å². The van der Waals surface area contributed by atoms with Gasteiger partial charge in [0.1, 0.15) is 0 Å². The first-order valence-corrected chi connectivity index (χ1v) is 5.93. The van der Waals surface area contributed by atoms with E-state index in [1.54, 1.807) is 0 Å². The van der Waals surface area contributed by atoms with Crippen LogP contribution in [0.3, 0.4) is 0 Å². The maximum absolute atomic E-state index is 11.7. The van der Waals surface area contributed by atoms with Crippen molar-refractivity contribution in [2.45, 2.75) is 39.2 Å². The molecule has 88 valence electrons. The Balaban J connectivity index is 2.28. The van der Waals surface area contributed by atoms with Gasteiger partial charge in [-0.3, -0.25) is 0 Å². The van der Waals surface area contributed by atoms with Crippen molar-refractivity contribution in [1.29, 1.82) is 0 Å². The van der Waals surface area contributed by atoms with Gasteiger partial charge in [-0.15, -0.1) is 0 Å². The van der Waals surface area contributed by atoms with Gasteiger partial charge in [0, 0.05) is 25.7 Å². The first-order chi connectivity index (χ1) is 7.15. The molecule has 0 bridgehead atoms. The Morgan fingerprint density at radius 1 is 1.60 bits per heavy atom. The van der Waals surface area contributed by atoms with Crippen LogP contribution in [0.2, 0.25) is 0 Å². The van der Waals surface area contributed by atoms with Crippen molar-refractivity contribution in [3.63, 3.8) is 0 Å². The van der Waals surface area contributed by atoms with Gasteiger partial charge in [-0.2, -0.15) is 0 Å². The lowest BCUT2D eigenvalue weighted by molar-refractivity contribution is 0.163. The zero-order valence-corrected chi connectivity index (χ0v) is 9.83. The van der Waals surface area contributed by atoms with E-state index in [4.69, 9.17) is 5.73 Å². The van der Waals surface area contributed by atoms with Crippen LogP contribution in [0, 0.1) is 5.92 Å². The summed E-state index contributed by atoms with van der Waals surface area (Å²) in [4.78, 5) is 13.5. The van der Waals surface area contributed by atoms with Gasteiger partial charge in [0.15, 0.2) is 0 Å². The van der Waals surface area contributed by atoms with Crippen molar-refractivity contribution in [2.24, 2.45) is 11.7 Å². The van der Waals surface area contributed by atoms with Crippen LogP contribution in [0.4, 0.5) is 4.79 Å². The highest BCUT2D eigenvalue weighted by Gasteiger charge is 2.25. The molecule has 1 fully saturated rings. The largest absolute Gasteiger partial charge is 0.338 e. The minimum atomic E-state index is 0.0470. The number of amides is 2. The van der Waals surface area contributed by atoms with E-state index in [2.05, 4.69) is 19.2 Å². The number of carbonyl (C=O) groups is 1. The van der Waals surface area contributed by atoms with E-state index >= 15 is 0 Å². The van der Waals surface area contributed by atoms with Gasteiger partial charge in [0.2, 0.25) is 0 Å². The third-order valence-corrected chi connectivity index (χ3v) is 3.11. The van der Waals surface area contributed by atoms with E-state index < -0.39 is 0 Å². The van der Waals surface area contributed by atoms with Crippen molar-refractivity contribution in [1.82, 2.24) is 10.2 Å². The number of hydrogen-bond acceptors (Lipinski definition) is 2. The van der Waals surface area contributed by atoms with E-state index in [0.29, 0.717) is 12.5 Å². The van der Waals surface area contributed by atoms with Gasteiger partial charge < -0.3 is 16.0 Å². The number of nitrogens with one attached hydrogen (secondary N) is 1. The molecule has 3 N–H and O–H groups in total. The van der Waals surface area contributed by atoms with Crippen LogP contribution in [-0.2, 0) is 0 Å². The monoisotopic (exact) mass is 213 g/mol. The molecular weight excluding hydrogens is 190 g/mol. The van der Waals surface area contributed by atoms with Gasteiger partial charge in [-0.1, -0.05) is 20.3 Å². The number of rotatable bonds is 3. The average molecular weight is 213 g/mol. The SMILES string of the molecule is CCCCNC(=O)N1CCC(C)C(N)C1. The van der Waals surface area contributed by atoms with Crippen LogP contribution in [-0.4, -0.2) is 36.6 Å². The molecule has 0 aromatic heterocycles.